The van der Waals surface area contributed by atoms with E-state index in [0.717, 1.165) is 39.0 Å². The van der Waals surface area contributed by atoms with Gasteiger partial charge in [0.2, 0.25) is 5.91 Å². The van der Waals surface area contributed by atoms with Crippen molar-refractivity contribution in [2.75, 3.05) is 32.7 Å². The lowest BCUT2D eigenvalue weighted by atomic mass is 9.87. The topological polar surface area (TPSA) is 73.0 Å². The number of carbonyl (C=O) groups is 3. The van der Waals surface area contributed by atoms with E-state index in [9.17, 15) is 14.4 Å². The first-order chi connectivity index (χ1) is 11.5. The lowest BCUT2D eigenvalue weighted by Gasteiger charge is -2.38. The number of rotatable bonds is 3. The van der Waals surface area contributed by atoms with Gasteiger partial charge in [-0.3, -0.25) is 14.5 Å². The average molecular weight is 336 g/mol. The van der Waals surface area contributed by atoms with Crippen LogP contribution in [0, 0.1) is 0 Å². The lowest BCUT2D eigenvalue weighted by molar-refractivity contribution is -0.139. The van der Waals surface area contributed by atoms with E-state index in [0.29, 0.717) is 25.8 Å². The SMILES string of the molecule is CCC(=O)N1CCCC(N2C(=O)NC3(CCN(CC)CC3)C2=O)C1. The molecule has 0 aromatic heterocycles. The number of piperidine rings is 2. The fraction of sp³-hybridized carbons (Fsp3) is 0.824. The molecule has 0 radical (unpaired) electrons. The zero-order chi connectivity index (χ0) is 17.3. The van der Waals surface area contributed by atoms with Gasteiger partial charge in [-0.25, -0.2) is 4.79 Å². The Balaban J connectivity index is 1.71. The minimum atomic E-state index is -0.722. The van der Waals surface area contributed by atoms with Gasteiger partial charge in [0.25, 0.3) is 5.91 Å². The molecule has 7 heteroatoms. The Hall–Kier alpha value is -1.63. The molecule has 0 aromatic rings. The number of carbonyl (C=O) groups excluding carboxylic acids is 3. The highest BCUT2D eigenvalue weighted by molar-refractivity contribution is 6.07. The standard InChI is InChI=1S/C17H28N4O3/c1-3-14(22)20-9-5-6-13(12-20)21-15(23)17(18-16(21)24)7-10-19(4-2)11-8-17/h13H,3-12H2,1-2H3,(H,18,24). The predicted molar refractivity (Wildman–Crippen MR) is 89.3 cm³/mol. The molecule has 0 bridgehead atoms. The van der Waals surface area contributed by atoms with Crippen molar-refractivity contribution in [3.05, 3.63) is 0 Å². The van der Waals surface area contributed by atoms with Crippen LogP contribution in [0.2, 0.25) is 0 Å². The zero-order valence-electron chi connectivity index (χ0n) is 14.7. The van der Waals surface area contributed by atoms with Gasteiger partial charge in [0, 0.05) is 32.6 Å². The summed E-state index contributed by atoms with van der Waals surface area (Å²) < 4.78 is 0. The predicted octanol–water partition coefficient (Wildman–Crippen LogP) is 0.794. The van der Waals surface area contributed by atoms with Gasteiger partial charge in [0.15, 0.2) is 0 Å². The Morgan fingerprint density at radius 2 is 1.92 bits per heavy atom. The quantitative estimate of drug-likeness (QED) is 0.774. The Morgan fingerprint density at radius 3 is 2.54 bits per heavy atom. The lowest BCUT2D eigenvalue weighted by Crippen LogP contribution is -2.56. The minimum absolute atomic E-state index is 0.0842. The van der Waals surface area contributed by atoms with Crippen molar-refractivity contribution < 1.29 is 14.4 Å². The third-order valence-corrected chi connectivity index (χ3v) is 5.77. The summed E-state index contributed by atoms with van der Waals surface area (Å²) in [5.41, 5.74) is -0.722. The van der Waals surface area contributed by atoms with Crippen molar-refractivity contribution >= 4 is 17.8 Å². The van der Waals surface area contributed by atoms with Gasteiger partial charge in [-0.2, -0.15) is 0 Å². The Labute approximate surface area is 143 Å². The number of urea groups is 1. The zero-order valence-corrected chi connectivity index (χ0v) is 14.7. The average Bonchev–Trinajstić information content (AvgIpc) is 2.85. The maximum absolute atomic E-state index is 13.1. The molecule has 3 aliphatic rings. The molecule has 134 valence electrons. The number of nitrogens with one attached hydrogen (secondary N) is 1. The van der Waals surface area contributed by atoms with Gasteiger partial charge >= 0.3 is 6.03 Å². The van der Waals surface area contributed by atoms with Crippen molar-refractivity contribution in [2.45, 2.75) is 57.5 Å². The van der Waals surface area contributed by atoms with E-state index >= 15 is 0 Å². The summed E-state index contributed by atoms with van der Waals surface area (Å²) in [6.45, 7) is 7.80. The highest BCUT2D eigenvalue weighted by atomic mass is 16.2. The van der Waals surface area contributed by atoms with Crippen LogP contribution in [0.25, 0.3) is 0 Å². The first-order valence-electron chi connectivity index (χ1n) is 9.16. The summed E-state index contributed by atoms with van der Waals surface area (Å²) in [4.78, 5) is 43.1. The van der Waals surface area contributed by atoms with Crippen molar-refractivity contribution in [1.82, 2.24) is 20.0 Å². The smallest absolute Gasteiger partial charge is 0.325 e. The van der Waals surface area contributed by atoms with E-state index in [2.05, 4.69) is 17.1 Å². The third-order valence-electron chi connectivity index (χ3n) is 5.77. The number of amides is 4. The van der Waals surface area contributed by atoms with Gasteiger partial charge in [-0.05, 0) is 32.2 Å². The number of imide groups is 1. The maximum Gasteiger partial charge on any atom is 0.325 e. The summed E-state index contributed by atoms with van der Waals surface area (Å²) >= 11 is 0. The fourth-order valence-electron chi connectivity index (χ4n) is 4.18. The number of hydrogen-bond donors (Lipinski definition) is 1. The molecule has 24 heavy (non-hydrogen) atoms. The Morgan fingerprint density at radius 1 is 1.21 bits per heavy atom. The molecule has 3 saturated heterocycles. The summed E-state index contributed by atoms with van der Waals surface area (Å²) in [7, 11) is 0. The summed E-state index contributed by atoms with van der Waals surface area (Å²) in [6, 6.07) is -0.467. The van der Waals surface area contributed by atoms with E-state index in [4.69, 9.17) is 0 Å². The third kappa shape index (κ3) is 2.90. The van der Waals surface area contributed by atoms with Crippen LogP contribution in [0.4, 0.5) is 4.79 Å². The van der Waals surface area contributed by atoms with Crippen LogP contribution >= 0.6 is 0 Å². The molecule has 0 aromatic carbocycles. The van der Waals surface area contributed by atoms with Crippen LogP contribution in [0.1, 0.15) is 46.0 Å². The van der Waals surface area contributed by atoms with Crippen molar-refractivity contribution in [2.24, 2.45) is 0 Å². The fourth-order valence-corrected chi connectivity index (χ4v) is 4.18. The molecule has 3 aliphatic heterocycles. The molecule has 0 aliphatic carbocycles. The Bertz CT molecular complexity index is 528. The van der Waals surface area contributed by atoms with Crippen LogP contribution in [-0.4, -0.2) is 76.8 Å². The minimum Gasteiger partial charge on any atom is -0.341 e. The van der Waals surface area contributed by atoms with Crippen molar-refractivity contribution in [1.29, 1.82) is 0 Å². The highest BCUT2D eigenvalue weighted by Crippen LogP contribution is 2.32. The van der Waals surface area contributed by atoms with Crippen LogP contribution in [-0.2, 0) is 9.59 Å². The summed E-state index contributed by atoms with van der Waals surface area (Å²) in [6.07, 6.45) is 3.43. The molecule has 1 atom stereocenters. The van der Waals surface area contributed by atoms with Gasteiger partial charge in [-0.15, -0.1) is 0 Å². The monoisotopic (exact) mass is 336 g/mol. The van der Waals surface area contributed by atoms with Crippen LogP contribution in [0.5, 0.6) is 0 Å². The number of nitrogens with zero attached hydrogens (tertiary/aromatic N) is 3. The molecule has 3 fully saturated rings. The van der Waals surface area contributed by atoms with Gasteiger partial charge in [0.05, 0.1) is 6.04 Å². The van der Waals surface area contributed by atoms with E-state index < -0.39 is 5.54 Å². The van der Waals surface area contributed by atoms with Crippen LogP contribution in [0.3, 0.4) is 0 Å². The molecule has 3 heterocycles. The molecule has 1 spiro atoms. The van der Waals surface area contributed by atoms with E-state index in [1.165, 1.54) is 4.90 Å². The van der Waals surface area contributed by atoms with Gasteiger partial charge in [0.1, 0.15) is 5.54 Å². The molecule has 4 amide bonds. The van der Waals surface area contributed by atoms with E-state index in [1.54, 1.807) is 4.90 Å². The van der Waals surface area contributed by atoms with E-state index in [-0.39, 0.29) is 23.9 Å². The molecular weight excluding hydrogens is 308 g/mol. The molecular formula is C17H28N4O3. The Kier molecular flexibility index (Phi) is 4.80. The molecule has 7 nitrogen and oxygen atoms in total. The molecule has 1 N–H and O–H groups in total. The molecule has 3 rings (SSSR count). The summed E-state index contributed by atoms with van der Waals surface area (Å²) in [5, 5.41) is 2.98. The van der Waals surface area contributed by atoms with Crippen LogP contribution < -0.4 is 5.32 Å². The second kappa shape index (κ2) is 6.70. The van der Waals surface area contributed by atoms with Crippen molar-refractivity contribution in [3.8, 4) is 0 Å². The van der Waals surface area contributed by atoms with Crippen molar-refractivity contribution in [3.63, 3.8) is 0 Å². The normalized spacial score (nSPS) is 27.7. The summed E-state index contributed by atoms with van der Waals surface area (Å²) in [5.74, 6) is 0.0109. The second-order valence-corrected chi connectivity index (χ2v) is 7.11. The van der Waals surface area contributed by atoms with Crippen LogP contribution in [0.15, 0.2) is 0 Å². The van der Waals surface area contributed by atoms with E-state index in [1.807, 2.05) is 6.92 Å². The highest BCUT2D eigenvalue weighted by Gasteiger charge is 2.54. The van der Waals surface area contributed by atoms with Gasteiger partial charge < -0.3 is 15.1 Å². The maximum atomic E-state index is 13.1. The first-order valence-corrected chi connectivity index (χ1v) is 9.16. The molecule has 0 saturated carbocycles. The molecule has 1 unspecified atom stereocenters. The second-order valence-electron chi connectivity index (χ2n) is 7.11. The number of likely N-dealkylation sites (tertiary alicyclic amines) is 2. The van der Waals surface area contributed by atoms with Gasteiger partial charge in [-0.1, -0.05) is 13.8 Å². The first kappa shape index (κ1) is 17.2. The largest absolute Gasteiger partial charge is 0.341 e. The number of hydrogen-bond acceptors (Lipinski definition) is 4.